The number of anilines is 1. The summed E-state index contributed by atoms with van der Waals surface area (Å²) < 4.78 is 0. The van der Waals surface area contributed by atoms with Gasteiger partial charge in [0.15, 0.2) is 0 Å². The van der Waals surface area contributed by atoms with Crippen molar-refractivity contribution in [2.45, 2.75) is 70.4 Å². The third kappa shape index (κ3) is 3.47. The van der Waals surface area contributed by atoms with E-state index < -0.39 is 5.60 Å². The lowest BCUT2D eigenvalue weighted by atomic mass is 9.52. The number of carbonyl (C=O) groups is 1. The summed E-state index contributed by atoms with van der Waals surface area (Å²) in [6, 6.07) is 6.55. The molecular weight excluding hydrogens is 400 g/mol. The second kappa shape index (κ2) is 7.41. The van der Waals surface area contributed by atoms with E-state index in [9.17, 15) is 9.90 Å². The molecule has 4 saturated carbocycles. The lowest BCUT2D eigenvalue weighted by Gasteiger charge is -2.58. The molecule has 2 heterocycles. The van der Waals surface area contributed by atoms with Gasteiger partial charge in [0.1, 0.15) is 0 Å². The van der Waals surface area contributed by atoms with E-state index in [2.05, 4.69) is 35.3 Å². The number of benzene rings is 1. The zero-order valence-electron chi connectivity index (χ0n) is 19.2. The van der Waals surface area contributed by atoms with Crippen LogP contribution in [0.3, 0.4) is 0 Å². The normalized spacial score (nSPS) is 36.0. The van der Waals surface area contributed by atoms with Crippen molar-refractivity contribution in [1.82, 2.24) is 15.3 Å². The van der Waals surface area contributed by atoms with E-state index in [0.29, 0.717) is 24.3 Å². The average molecular weight is 435 g/mol. The van der Waals surface area contributed by atoms with Crippen molar-refractivity contribution in [2.24, 2.45) is 23.7 Å². The number of rotatable bonds is 3. The van der Waals surface area contributed by atoms with Crippen molar-refractivity contribution < 1.29 is 9.90 Å². The van der Waals surface area contributed by atoms with Gasteiger partial charge >= 0.3 is 0 Å². The summed E-state index contributed by atoms with van der Waals surface area (Å²) in [5.41, 5.74) is 2.70. The predicted molar refractivity (Wildman–Crippen MR) is 124 cm³/mol. The zero-order chi connectivity index (χ0) is 22.0. The van der Waals surface area contributed by atoms with Crippen molar-refractivity contribution in [3.63, 3.8) is 0 Å². The molecule has 5 fully saturated rings. The van der Waals surface area contributed by atoms with Crippen LogP contribution < -0.4 is 10.2 Å². The Morgan fingerprint density at radius 1 is 1.16 bits per heavy atom. The zero-order valence-corrected chi connectivity index (χ0v) is 19.2. The van der Waals surface area contributed by atoms with Crippen LogP contribution in [0.2, 0.25) is 0 Å². The van der Waals surface area contributed by atoms with Crippen molar-refractivity contribution in [3.8, 4) is 0 Å². The van der Waals surface area contributed by atoms with Gasteiger partial charge in [-0.1, -0.05) is 12.1 Å². The number of carbonyl (C=O) groups excluding carboxylic acids is 1. The Labute approximate surface area is 189 Å². The fourth-order valence-electron chi connectivity index (χ4n) is 7.40. The number of amides is 1. The number of nitrogens with one attached hydrogen (secondary N) is 1. The van der Waals surface area contributed by atoms with Crippen LogP contribution in [0, 0.1) is 37.5 Å². The Kier molecular flexibility index (Phi) is 4.72. The summed E-state index contributed by atoms with van der Waals surface area (Å²) in [6.07, 6.45) is 6.95. The molecule has 1 aromatic carbocycles. The summed E-state index contributed by atoms with van der Waals surface area (Å²) in [7, 11) is 0. The SMILES string of the molecule is Cc1ccc2c(C)nc(N3CCCC(C(=O)NC4C5CC6CC4CC(O)(C6)C5)C3)nc2c1. The number of nitrogens with zero attached hydrogens (tertiary/aromatic N) is 3. The minimum atomic E-state index is -0.455. The van der Waals surface area contributed by atoms with E-state index in [1.165, 1.54) is 18.4 Å². The first-order valence-corrected chi connectivity index (χ1v) is 12.4. The van der Waals surface area contributed by atoms with Crippen LogP contribution in [-0.2, 0) is 4.79 Å². The third-order valence-corrected chi connectivity index (χ3v) is 8.66. The van der Waals surface area contributed by atoms with Crippen LogP contribution in [0.1, 0.15) is 56.2 Å². The van der Waals surface area contributed by atoms with Gasteiger partial charge in [0.2, 0.25) is 11.9 Å². The molecule has 1 amide bonds. The van der Waals surface area contributed by atoms with Gasteiger partial charge < -0.3 is 15.3 Å². The number of aliphatic hydroxyl groups is 1. The smallest absolute Gasteiger partial charge is 0.226 e. The first-order chi connectivity index (χ1) is 15.4. The fraction of sp³-hybridized carbons (Fsp3) is 0.654. The second-order valence-electron chi connectivity index (χ2n) is 11.1. The maximum Gasteiger partial charge on any atom is 0.226 e. The summed E-state index contributed by atoms with van der Waals surface area (Å²) >= 11 is 0. The van der Waals surface area contributed by atoms with Gasteiger partial charge in [-0.15, -0.1) is 0 Å². The highest BCUT2D eigenvalue weighted by Crippen LogP contribution is 2.55. The van der Waals surface area contributed by atoms with E-state index in [4.69, 9.17) is 9.97 Å². The molecule has 2 N–H and O–H groups in total. The first-order valence-electron chi connectivity index (χ1n) is 12.4. The van der Waals surface area contributed by atoms with Crippen LogP contribution in [0.15, 0.2) is 18.2 Å². The molecule has 0 spiro atoms. The highest BCUT2D eigenvalue weighted by molar-refractivity contribution is 5.83. The number of hydrogen-bond acceptors (Lipinski definition) is 5. The molecule has 170 valence electrons. The van der Waals surface area contributed by atoms with Gasteiger partial charge in [-0.3, -0.25) is 4.79 Å². The van der Waals surface area contributed by atoms with Crippen molar-refractivity contribution in [1.29, 1.82) is 0 Å². The van der Waals surface area contributed by atoms with E-state index in [0.717, 1.165) is 61.2 Å². The topological polar surface area (TPSA) is 78.4 Å². The van der Waals surface area contributed by atoms with E-state index in [1.54, 1.807) is 0 Å². The van der Waals surface area contributed by atoms with E-state index >= 15 is 0 Å². The number of aromatic nitrogens is 2. The molecule has 6 nitrogen and oxygen atoms in total. The summed E-state index contributed by atoms with van der Waals surface area (Å²) in [6.45, 7) is 5.69. The Balaban J connectivity index is 1.17. The predicted octanol–water partition coefficient (Wildman–Crippen LogP) is 3.52. The Morgan fingerprint density at radius 2 is 1.94 bits per heavy atom. The van der Waals surface area contributed by atoms with Crippen LogP contribution in [0.25, 0.3) is 10.9 Å². The van der Waals surface area contributed by atoms with Crippen LogP contribution in [0.5, 0.6) is 0 Å². The van der Waals surface area contributed by atoms with Crippen molar-refractivity contribution >= 4 is 22.8 Å². The quantitative estimate of drug-likeness (QED) is 0.773. The molecule has 1 aliphatic heterocycles. The second-order valence-corrected chi connectivity index (χ2v) is 11.1. The molecule has 4 bridgehead atoms. The minimum Gasteiger partial charge on any atom is -0.390 e. The third-order valence-electron chi connectivity index (χ3n) is 8.66. The Bertz CT molecular complexity index is 1050. The van der Waals surface area contributed by atoms with Crippen LogP contribution in [0.4, 0.5) is 5.95 Å². The molecular formula is C26H34N4O2. The molecule has 1 saturated heterocycles. The number of fused-ring (bicyclic) bond motifs is 1. The highest BCUT2D eigenvalue weighted by Gasteiger charge is 2.55. The lowest BCUT2D eigenvalue weighted by Crippen LogP contribution is -2.62. The summed E-state index contributed by atoms with van der Waals surface area (Å²) in [4.78, 5) is 25.2. The van der Waals surface area contributed by atoms with Gasteiger partial charge in [0.05, 0.1) is 22.7 Å². The van der Waals surface area contributed by atoms with Crippen molar-refractivity contribution in [3.05, 3.63) is 29.5 Å². The van der Waals surface area contributed by atoms with E-state index in [-0.39, 0.29) is 17.9 Å². The molecule has 7 rings (SSSR count). The maximum atomic E-state index is 13.3. The molecule has 3 atom stereocenters. The molecule has 3 unspecified atom stereocenters. The van der Waals surface area contributed by atoms with Gasteiger partial charge in [-0.25, -0.2) is 9.97 Å². The number of piperidine rings is 1. The monoisotopic (exact) mass is 434 g/mol. The molecule has 1 aromatic heterocycles. The van der Waals surface area contributed by atoms with Gasteiger partial charge in [-0.2, -0.15) is 0 Å². The molecule has 4 aliphatic carbocycles. The Hall–Kier alpha value is -2.21. The number of aryl methyl sites for hydroxylation is 2. The lowest BCUT2D eigenvalue weighted by molar-refractivity contribution is -0.148. The fourth-order valence-corrected chi connectivity index (χ4v) is 7.40. The molecule has 6 heteroatoms. The maximum absolute atomic E-state index is 13.3. The molecule has 0 radical (unpaired) electrons. The van der Waals surface area contributed by atoms with Crippen LogP contribution in [-0.4, -0.2) is 45.7 Å². The molecule has 2 aromatic rings. The van der Waals surface area contributed by atoms with Gasteiger partial charge in [-0.05, 0) is 88.2 Å². The van der Waals surface area contributed by atoms with E-state index in [1.807, 2.05) is 6.92 Å². The summed E-state index contributed by atoms with van der Waals surface area (Å²) in [5, 5.41) is 15.4. The Morgan fingerprint density at radius 3 is 2.69 bits per heavy atom. The molecule has 32 heavy (non-hydrogen) atoms. The average Bonchev–Trinajstić information content (AvgIpc) is 2.74. The van der Waals surface area contributed by atoms with Gasteiger partial charge in [0.25, 0.3) is 0 Å². The largest absolute Gasteiger partial charge is 0.390 e. The first kappa shape index (κ1) is 20.4. The van der Waals surface area contributed by atoms with Crippen LogP contribution >= 0.6 is 0 Å². The number of hydrogen-bond donors (Lipinski definition) is 2. The minimum absolute atomic E-state index is 0.0267. The van der Waals surface area contributed by atoms with Crippen molar-refractivity contribution in [2.75, 3.05) is 18.0 Å². The van der Waals surface area contributed by atoms with Gasteiger partial charge in [0, 0.05) is 24.5 Å². The highest BCUT2D eigenvalue weighted by atomic mass is 16.3. The summed E-state index contributed by atoms with van der Waals surface area (Å²) in [5.74, 6) is 2.46. The molecule has 5 aliphatic rings. The standard InChI is InChI=1S/C26H34N4O2/c1-15-5-6-21-16(2)27-25(28-22(21)8-15)30-7-3-4-18(14-30)24(31)29-23-19-9-17-10-20(23)13-26(32,11-17)12-19/h5-6,8,17-20,23,32H,3-4,7,9-14H2,1-2H3,(H,29,31).